The maximum atomic E-state index is 13.8. The Bertz CT molecular complexity index is 1350. The minimum Gasteiger partial charge on any atom is -0.374 e. The summed E-state index contributed by atoms with van der Waals surface area (Å²) in [6, 6.07) is 14.2. The molecule has 3 aromatic rings. The van der Waals surface area contributed by atoms with E-state index in [0.717, 1.165) is 18.4 Å². The van der Waals surface area contributed by atoms with Gasteiger partial charge < -0.3 is 30.6 Å². The summed E-state index contributed by atoms with van der Waals surface area (Å²) in [4.78, 5) is 45.8. The molecule has 2 atom stereocenters. The number of carbonyl (C=O) groups excluding carboxylic acids is 3. The Morgan fingerprint density at radius 3 is 2.34 bits per heavy atom. The Morgan fingerprint density at radius 2 is 1.71 bits per heavy atom. The van der Waals surface area contributed by atoms with Gasteiger partial charge in [0.2, 0.25) is 5.91 Å². The third-order valence-corrected chi connectivity index (χ3v) is 7.17. The van der Waals surface area contributed by atoms with Crippen LogP contribution in [0.25, 0.3) is 0 Å². The van der Waals surface area contributed by atoms with Gasteiger partial charge in [-0.3, -0.25) is 14.4 Å². The van der Waals surface area contributed by atoms with Gasteiger partial charge in [-0.25, -0.2) is 9.37 Å². The van der Waals surface area contributed by atoms with Gasteiger partial charge in [-0.2, -0.15) is 0 Å². The van der Waals surface area contributed by atoms with E-state index in [4.69, 9.17) is 10.5 Å². The van der Waals surface area contributed by atoms with Crippen LogP contribution >= 0.6 is 0 Å². The van der Waals surface area contributed by atoms with E-state index < -0.39 is 34.8 Å². The minimum atomic E-state index is -1.23. The summed E-state index contributed by atoms with van der Waals surface area (Å²) in [5.41, 5.74) is 4.98. The van der Waals surface area contributed by atoms with E-state index in [2.05, 4.69) is 15.6 Å². The standard InChI is InChI=1S/C30H37FN6O4/c1-29(2,32)27(39)34-24(19-41-18-21-9-5-4-6-10-21)26(38)35-25-17-37(20-33-25)30(3,22-11-13-23(31)14-12-22)28(40)36-15-7-8-16-36/h4-6,9-14,17,20,24H,7-8,15-16,18-19,32H2,1-3H3,(H,34,39)(H,35,38)/t24-,30-/m1/s1. The molecule has 1 saturated heterocycles. The fourth-order valence-corrected chi connectivity index (χ4v) is 4.63. The number of nitrogens with one attached hydrogen (secondary N) is 2. The lowest BCUT2D eigenvalue weighted by atomic mass is 9.90. The van der Waals surface area contributed by atoms with Crippen molar-refractivity contribution >= 4 is 23.5 Å². The van der Waals surface area contributed by atoms with E-state index in [0.29, 0.717) is 18.7 Å². The molecule has 41 heavy (non-hydrogen) atoms. The average Bonchev–Trinajstić information content (AvgIpc) is 3.65. The fourth-order valence-electron chi connectivity index (χ4n) is 4.63. The molecule has 0 saturated carbocycles. The number of anilines is 1. The molecule has 0 bridgehead atoms. The molecule has 0 unspecified atom stereocenters. The first-order valence-corrected chi connectivity index (χ1v) is 13.6. The second kappa shape index (κ2) is 12.6. The smallest absolute Gasteiger partial charge is 0.253 e. The zero-order valence-corrected chi connectivity index (χ0v) is 23.6. The molecule has 2 aromatic carbocycles. The van der Waals surface area contributed by atoms with Crippen molar-refractivity contribution in [2.24, 2.45) is 5.73 Å². The van der Waals surface area contributed by atoms with Crippen LogP contribution in [0.2, 0.25) is 0 Å². The summed E-state index contributed by atoms with van der Waals surface area (Å²) in [5, 5.41) is 5.37. The van der Waals surface area contributed by atoms with E-state index in [9.17, 15) is 18.8 Å². The van der Waals surface area contributed by atoms with Crippen LogP contribution < -0.4 is 16.4 Å². The Hall–Kier alpha value is -4.09. The topological polar surface area (TPSA) is 132 Å². The zero-order chi connectivity index (χ0) is 29.6. The van der Waals surface area contributed by atoms with Crippen molar-refractivity contribution in [2.75, 3.05) is 25.0 Å². The van der Waals surface area contributed by atoms with Gasteiger partial charge in [0, 0.05) is 19.3 Å². The van der Waals surface area contributed by atoms with Gasteiger partial charge in [0.15, 0.2) is 5.82 Å². The van der Waals surface area contributed by atoms with E-state index in [1.807, 2.05) is 30.3 Å². The number of aromatic nitrogens is 2. The number of hydrogen-bond donors (Lipinski definition) is 3. The molecule has 218 valence electrons. The lowest BCUT2D eigenvalue weighted by Gasteiger charge is -2.34. The molecule has 3 amide bonds. The molecule has 4 N–H and O–H groups in total. The van der Waals surface area contributed by atoms with Crippen LogP contribution in [0.5, 0.6) is 0 Å². The molecule has 2 heterocycles. The van der Waals surface area contributed by atoms with Crippen molar-refractivity contribution < 1.29 is 23.5 Å². The second-order valence-electron chi connectivity index (χ2n) is 11.0. The summed E-state index contributed by atoms with van der Waals surface area (Å²) in [5.74, 6) is -1.47. The first kappa shape index (κ1) is 29.9. The van der Waals surface area contributed by atoms with Gasteiger partial charge in [-0.1, -0.05) is 42.5 Å². The molecule has 1 aromatic heterocycles. The van der Waals surface area contributed by atoms with Crippen LogP contribution in [-0.4, -0.2) is 63.4 Å². The molecule has 0 spiro atoms. The molecule has 1 aliphatic rings. The van der Waals surface area contributed by atoms with Crippen LogP contribution in [0, 0.1) is 5.82 Å². The highest BCUT2D eigenvalue weighted by molar-refractivity contribution is 5.98. The predicted octanol–water partition coefficient (Wildman–Crippen LogP) is 2.79. The average molecular weight is 565 g/mol. The van der Waals surface area contributed by atoms with Crippen molar-refractivity contribution in [3.8, 4) is 0 Å². The molecule has 4 rings (SSSR count). The Kier molecular flexibility index (Phi) is 9.19. The molecule has 1 fully saturated rings. The molecular weight excluding hydrogens is 527 g/mol. The van der Waals surface area contributed by atoms with Crippen LogP contribution in [0.15, 0.2) is 67.1 Å². The number of halogens is 1. The maximum Gasteiger partial charge on any atom is 0.253 e. The van der Waals surface area contributed by atoms with Crippen molar-refractivity contribution in [1.29, 1.82) is 0 Å². The summed E-state index contributed by atoms with van der Waals surface area (Å²) >= 11 is 0. The van der Waals surface area contributed by atoms with E-state index in [1.165, 1.54) is 32.3 Å². The number of imidazole rings is 1. The number of nitrogens with zero attached hydrogens (tertiary/aromatic N) is 3. The lowest BCUT2D eigenvalue weighted by molar-refractivity contribution is -0.137. The second-order valence-corrected chi connectivity index (χ2v) is 11.0. The van der Waals surface area contributed by atoms with Crippen LogP contribution in [0.3, 0.4) is 0 Å². The summed E-state index contributed by atoms with van der Waals surface area (Å²) in [6.45, 7) is 6.23. The molecular formula is C30H37FN6O4. The van der Waals surface area contributed by atoms with E-state index >= 15 is 0 Å². The maximum absolute atomic E-state index is 13.8. The molecule has 0 radical (unpaired) electrons. The number of carbonyl (C=O) groups is 3. The van der Waals surface area contributed by atoms with Crippen molar-refractivity contribution in [3.05, 3.63) is 84.1 Å². The first-order chi connectivity index (χ1) is 19.5. The van der Waals surface area contributed by atoms with Crippen LogP contribution in [0.1, 0.15) is 44.7 Å². The molecule has 0 aliphatic carbocycles. The number of ether oxygens (including phenoxy) is 1. The van der Waals surface area contributed by atoms with Crippen molar-refractivity contribution in [1.82, 2.24) is 19.8 Å². The normalized spacial score (nSPS) is 15.7. The zero-order valence-electron chi connectivity index (χ0n) is 23.6. The van der Waals surface area contributed by atoms with Crippen LogP contribution in [-0.2, 0) is 31.3 Å². The highest BCUT2D eigenvalue weighted by atomic mass is 19.1. The Morgan fingerprint density at radius 1 is 1.05 bits per heavy atom. The SMILES string of the molecule is CC(C)(N)C(=O)N[C@H](COCc1ccccc1)C(=O)Nc1cn([C@@](C)(C(=O)N2CCCC2)c2ccc(F)cc2)cn1. The highest BCUT2D eigenvalue weighted by Crippen LogP contribution is 2.31. The van der Waals surface area contributed by atoms with Gasteiger partial charge >= 0.3 is 0 Å². The minimum absolute atomic E-state index is 0.107. The van der Waals surface area contributed by atoms with E-state index in [1.54, 1.807) is 34.7 Å². The van der Waals surface area contributed by atoms with Gasteiger partial charge in [-0.05, 0) is 56.9 Å². The lowest BCUT2D eigenvalue weighted by Crippen LogP contribution is -2.56. The fraction of sp³-hybridized carbons (Fsp3) is 0.400. The predicted molar refractivity (Wildman–Crippen MR) is 152 cm³/mol. The number of hydrogen-bond acceptors (Lipinski definition) is 6. The Balaban J connectivity index is 1.54. The number of likely N-dealkylation sites (tertiary alicyclic amines) is 1. The van der Waals surface area contributed by atoms with Gasteiger partial charge in [0.1, 0.15) is 17.4 Å². The van der Waals surface area contributed by atoms with Crippen LogP contribution in [0.4, 0.5) is 10.2 Å². The van der Waals surface area contributed by atoms with Crippen molar-refractivity contribution in [3.63, 3.8) is 0 Å². The molecule has 11 heteroatoms. The monoisotopic (exact) mass is 564 g/mol. The highest BCUT2D eigenvalue weighted by Gasteiger charge is 2.41. The molecule has 10 nitrogen and oxygen atoms in total. The third-order valence-electron chi connectivity index (χ3n) is 7.17. The summed E-state index contributed by atoms with van der Waals surface area (Å²) < 4.78 is 21.1. The van der Waals surface area contributed by atoms with E-state index in [-0.39, 0.29) is 24.9 Å². The third kappa shape index (κ3) is 7.17. The number of nitrogens with two attached hydrogens (primary N) is 1. The van der Waals surface area contributed by atoms with Gasteiger partial charge in [0.25, 0.3) is 11.8 Å². The van der Waals surface area contributed by atoms with Crippen molar-refractivity contribution in [2.45, 2.75) is 57.3 Å². The Labute approximate surface area is 239 Å². The summed E-state index contributed by atoms with van der Waals surface area (Å²) in [7, 11) is 0. The quantitative estimate of drug-likeness (QED) is 0.328. The first-order valence-electron chi connectivity index (χ1n) is 13.6. The van der Waals surface area contributed by atoms with Gasteiger partial charge in [-0.15, -0.1) is 0 Å². The number of rotatable bonds is 11. The molecule has 1 aliphatic heterocycles. The van der Waals surface area contributed by atoms with Gasteiger partial charge in [0.05, 0.1) is 25.1 Å². The summed E-state index contributed by atoms with van der Waals surface area (Å²) in [6.07, 6.45) is 4.83. The number of amides is 3. The largest absolute Gasteiger partial charge is 0.374 e. The number of benzene rings is 2.